The van der Waals surface area contributed by atoms with Gasteiger partial charge in [-0.25, -0.2) is 9.59 Å². The standard InChI is InChI=1S/C19H16O5/c1-12-3-6-15(9-13(12)2)22-11-19(21)23-16-7-4-14-5-8-18(20)24-17(14)10-16/h3-10H,11H2,1-2H3. The van der Waals surface area contributed by atoms with Gasteiger partial charge in [-0.15, -0.1) is 0 Å². The number of aryl methyl sites for hydroxylation is 2. The summed E-state index contributed by atoms with van der Waals surface area (Å²) in [5.41, 5.74) is 2.15. The van der Waals surface area contributed by atoms with Gasteiger partial charge in [0.05, 0.1) is 0 Å². The summed E-state index contributed by atoms with van der Waals surface area (Å²) in [7, 11) is 0. The SMILES string of the molecule is Cc1ccc(OCC(=O)Oc2ccc3ccc(=O)oc3c2)cc1C. The fraction of sp³-hybridized carbons (Fsp3) is 0.158. The molecule has 5 heteroatoms. The summed E-state index contributed by atoms with van der Waals surface area (Å²) in [4.78, 5) is 23.1. The first-order valence-electron chi connectivity index (χ1n) is 7.46. The van der Waals surface area contributed by atoms with Crippen LogP contribution in [0.3, 0.4) is 0 Å². The number of hydrogen-bond donors (Lipinski definition) is 0. The van der Waals surface area contributed by atoms with E-state index >= 15 is 0 Å². The summed E-state index contributed by atoms with van der Waals surface area (Å²) in [6.07, 6.45) is 0. The number of fused-ring (bicyclic) bond motifs is 1. The lowest BCUT2D eigenvalue weighted by molar-refractivity contribution is -0.136. The predicted molar refractivity (Wildman–Crippen MR) is 89.5 cm³/mol. The van der Waals surface area contributed by atoms with E-state index in [4.69, 9.17) is 13.9 Å². The number of esters is 1. The van der Waals surface area contributed by atoms with Gasteiger partial charge in [-0.2, -0.15) is 0 Å². The molecule has 0 spiro atoms. The summed E-state index contributed by atoms with van der Waals surface area (Å²) in [6, 6.07) is 13.4. The molecule has 0 unspecified atom stereocenters. The Balaban J connectivity index is 1.66. The maximum atomic E-state index is 11.9. The van der Waals surface area contributed by atoms with E-state index < -0.39 is 11.6 Å². The van der Waals surface area contributed by atoms with Gasteiger partial charge >= 0.3 is 11.6 Å². The summed E-state index contributed by atoms with van der Waals surface area (Å²) < 4.78 is 15.7. The molecule has 0 N–H and O–H groups in total. The maximum Gasteiger partial charge on any atom is 0.349 e. The molecule has 1 heterocycles. The van der Waals surface area contributed by atoms with Gasteiger partial charge in [-0.1, -0.05) is 6.07 Å². The molecule has 0 saturated carbocycles. The average Bonchev–Trinajstić information content (AvgIpc) is 2.55. The molecule has 3 aromatic rings. The normalized spacial score (nSPS) is 10.6. The average molecular weight is 324 g/mol. The van der Waals surface area contributed by atoms with Crippen LogP contribution >= 0.6 is 0 Å². The largest absolute Gasteiger partial charge is 0.482 e. The van der Waals surface area contributed by atoms with Gasteiger partial charge in [0.1, 0.15) is 17.1 Å². The Morgan fingerprint density at radius 3 is 2.50 bits per heavy atom. The maximum absolute atomic E-state index is 11.9. The molecule has 0 bridgehead atoms. The van der Waals surface area contributed by atoms with Crippen LogP contribution < -0.4 is 15.1 Å². The molecule has 0 aliphatic rings. The number of carbonyl (C=O) groups is 1. The lowest BCUT2D eigenvalue weighted by Crippen LogP contribution is -2.17. The fourth-order valence-corrected chi connectivity index (χ4v) is 2.21. The lowest BCUT2D eigenvalue weighted by atomic mass is 10.1. The van der Waals surface area contributed by atoms with Crippen LogP contribution in [0.1, 0.15) is 11.1 Å². The minimum absolute atomic E-state index is 0.209. The van der Waals surface area contributed by atoms with Gasteiger partial charge in [-0.05, 0) is 55.3 Å². The first-order chi connectivity index (χ1) is 11.5. The van der Waals surface area contributed by atoms with Gasteiger partial charge in [0, 0.05) is 17.5 Å². The van der Waals surface area contributed by atoms with Crippen LogP contribution in [0.25, 0.3) is 11.0 Å². The van der Waals surface area contributed by atoms with Crippen LogP contribution in [0.5, 0.6) is 11.5 Å². The van der Waals surface area contributed by atoms with Gasteiger partial charge in [0.25, 0.3) is 0 Å². The van der Waals surface area contributed by atoms with E-state index in [-0.39, 0.29) is 6.61 Å². The zero-order chi connectivity index (χ0) is 17.1. The van der Waals surface area contributed by atoms with Crippen molar-refractivity contribution in [2.75, 3.05) is 6.61 Å². The number of carbonyl (C=O) groups excluding carboxylic acids is 1. The molecule has 0 radical (unpaired) electrons. The topological polar surface area (TPSA) is 65.7 Å². The van der Waals surface area contributed by atoms with Gasteiger partial charge in [-0.3, -0.25) is 0 Å². The molecule has 0 atom stereocenters. The highest BCUT2D eigenvalue weighted by molar-refractivity contribution is 5.80. The molecule has 0 amide bonds. The molecular formula is C19H16O5. The molecule has 0 aliphatic heterocycles. The van der Waals surface area contributed by atoms with Crippen molar-refractivity contribution >= 4 is 16.9 Å². The van der Waals surface area contributed by atoms with E-state index in [9.17, 15) is 9.59 Å². The molecule has 0 saturated heterocycles. The van der Waals surface area contributed by atoms with Crippen molar-refractivity contribution in [3.63, 3.8) is 0 Å². The molecule has 5 nitrogen and oxygen atoms in total. The van der Waals surface area contributed by atoms with Crippen molar-refractivity contribution in [1.82, 2.24) is 0 Å². The van der Waals surface area contributed by atoms with Gasteiger partial charge < -0.3 is 13.9 Å². The second-order valence-corrected chi connectivity index (χ2v) is 5.46. The van der Waals surface area contributed by atoms with Crippen LogP contribution in [0.4, 0.5) is 0 Å². The predicted octanol–water partition coefficient (Wildman–Crippen LogP) is 3.39. The van der Waals surface area contributed by atoms with Crippen LogP contribution in [0.2, 0.25) is 0 Å². The molecule has 1 aromatic heterocycles. The monoisotopic (exact) mass is 324 g/mol. The third kappa shape index (κ3) is 3.63. The van der Waals surface area contributed by atoms with E-state index in [0.717, 1.165) is 16.5 Å². The highest BCUT2D eigenvalue weighted by atomic mass is 16.6. The second kappa shape index (κ2) is 6.58. The first kappa shape index (κ1) is 15.8. The molecule has 24 heavy (non-hydrogen) atoms. The zero-order valence-corrected chi connectivity index (χ0v) is 13.4. The molecule has 3 rings (SSSR count). The lowest BCUT2D eigenvalue weighted by Gasteiger charge is -2.08. The minimum Gasteiger partial charge on any atom is -0.482 e. The fourth-order valence-electron chi connectivity index (χ4n) is 2.21. The van der Waals surface area contributed by atoms with Crippen LogP contribution in [0.15, 0.2) is 57.7 Å². The highest BCUT2D eigenvalue weighted by Gasteiger charge is 2.08. The summed E-state index contributed by atoms with van der Waals surface area (Å²) in [5.74, 6) is 0.371. The number of hydrogen-bond acceptors (Lipinski definition) is 5. The molecular weight excluding hydrogens is 308 g/mol. The Hall–Kier alpha value is -3.08. The molecule has 2 aromatic carbocycles. The van der Waals surface area contributed by atoms with E-state index in [1.54, 1.807) is 24.3 Å². The van der Waals surface area contributed by atoms with E-state index in [1.165, 1.54) is 12.1 Å². The second-order valence-electron chi connectivity index (χ2n) is 5.46. The smallest absolute Gasteiger partial charge is 0.349 e. The Morgan fingerprint density at radius 1 is 0.958 bits per heavy atom. The Kier molecular flexibility index (Phi) is 4.33. The number of benzene rings is 2. The summed E-state index contributed by atoms with van der Waals surface area (Å²) >= 11 is 0. The molecule has 0 fully saturated rings. The van der Waals surface area contributed by atoms with Crippen molar-refractivity contribution in [3.8, 4) is 11.5 Å². The molecule has 122 valence electrons. The van der Waals surface area contributed by atoms with Gasteiger partial charge in [0.15, 0.2) is 6.61 Å². The van der Waals surface area contributed by atoms with E-state index in [2.05, 4.69) is 0 Å². The van der Waals surface area contributed by atoms with Crippen molar-refractivity contribution in [1.29, 1.82) is 0 Å². The Labute approximate surface area is 138 Å². The zero-order valence-electron chi connectivity index (χ0n) is 13.4. The number of ether oxygens (including phenoxy) is 2. The number of rotatable bonds is 4. The highest BCUT2D eigenvalue weighted by Crippen LogP contribution is 2.20. The van der Waals surface area contributed by atoms with Crippen molar-refractivity contribution in [3.05, 3.63) is 70.1 Å². The minimum atomic E-state index is -0.536. The summed E-state index contributed by atoms with van der Waals surface area (Å²) in [5, 5.41) is 0.751. The first-order valence-corrected chi connectivity index (χ1v) is 7.46. The van der Waals surface area contributed by atoms with E-state index in [0.29, 0.717) is 17.1 Å². The van der Waals surface area contributed by atoms with Crippen molar-refractivity contribution < 1.29 is 18.7 Å². The van der Waals surface area contributed by atoms with Crippen molar-refractivity contribution in [2.24, 2.45) is 0 Å². The molecule has 0 aliphatic carbocycles. The Morgan fingerprint density at radius 2 is 1.71 bits per heavy atom. The quantitative estimate of drug-likeness (QED) is 0.418. The van der Waals surface area contributed by atoms with Crippen LogP contribution in [-0.2, 0) is 4.79 Å². The van der Waals surface area contributed by atoms with Gasteiger partial charge in [0.2, 0.25) is 0 Å². The third-order valence-corrected chi connectivity index (χ3v) is 3.66. The van der Waals surface area contributed by atoms with Crippen LogP contribution in [-0.4, -0.2) is 12.6 Å². The van der Waals surface area contributed by atoms with Crippen molar-refractivity contribution in [2.45, 2.75) is 13.8 Å². The Bertz CT molecular complexity index is 955. The van der Waals surface area contributed by atoms with E-state index in [1.807, 2.05) is 26.0 Å². The summed E-state index contributed by atoms with van der Waals surface area (Å²) in [6.45, 7) is 3.77. The third-order valence-electron chi connectivity index (χ3n) is 3.66. The van der Waals surface area contributed by atoms with Crippen LogP contribution in [0, 0.1) is 13.8 Å².